The van der Waals surface area contributed by atoms with Crippen LogP contribution in [0.15, 0.2) is 58.3 Å². The molecule has 8 heteroatoms. The van der Waals surface area contributed by atoms with Gasteiger partial charge in [-0.3, -0.25) is 14.2 Å². The maximum Gasteiger partial charge on any atom is 0.239 e. The second-order valence-electron chi connectivity index (χ2n) is 7.05. The standard InChI is InChI=1S/C21H13N3O2S3/c25-18-13(19(26)23-21(27)22-18)8-10-9-16-20(28-10)24-14-6-2-1-4-11(14)12-5-3-7-15(29-16)17(12)24/h1-7,9,13H,8H2,(H2,22,23,25,26,27). The number of fused-ring (bicyclic) bond motifs is 5. The van der Waals surface area contributed by atoms with Gasteiger partial charge in [0.25, 0.3) is 0 Å². The van der Waals surface area contributed by atoms with Crippen LogP contribution in [0.1, 0.15) is 4.88 Å². The molecular weight excluding hydrogens is 422 g/mol. The molecule has 6 rings (SSSR count). The predicted molar refractivity (Wildman–Crippen MR) is 119 cm³/mol. The van der Waals surface area contributed by atoms with Crippen LogP contribution in [-0.2, 0) is 16.0 Å². The number of para-hydroxylation sites is 2. The molecule has 2 aliphatic heterocycles. The van der Waals surface area contributed by atoms with Crippen molar-refractivity contribution in [1.82, 2.24) is 15.2 Å². The zero-order valence-corrected chi connectivity index (χ0v) is 17.3. The van der Waals surface area contributed by atoms with Gasteiger partial charge < -0.3 is 10.6 Å². The lowest BCUT2D eigenvalue weighted by Crippen LogP contribution is -2.56. The number of thiophene rings is 1. The highest BCUT2D eigenvalue weighted by Crippen LogP contribution is 2.49. The third-order valence-electron chi connectivity index (χ3n) is 5.32. The molecule has 2 aromatic carbocycles. The molecule has 0 spiro atoms. The highest BCUT2D eigenvalue weighted by atomic mass is 32.2. The minimum absolute atomic E-state index is 0.0777. The Kier molecular flexibility index (Phi) is 3.65. The van der Waals surface area contributed by atoms with Crippen molar-refractivity contribution in [2.24, 2.45) is 5.92 Å². The van der Waals surface area contributed by atoms with Gasteiger partial charge >= 0.3 is 0 Å². The number of carbonyl (C=O) groups is 2. The lowest BCUT2D eigenvalue weighted by atomic mass is 10.0. The first-order valence-electron chi connectivity index (χ1n) is 9.09. The van der Waals surface area contributed by atoms with E-state index in [9.17, 15) is 9.59 Å². The summed E-state index contributed by atoms with van der Waals surface area (Å²) in [6.45, 7) is 0. The number of benzene rings is 2. The maximum absolute atomic E-state index is 12.3. The van der Waals surface area contributed by atoms with Gasteiger partial charge in [-0.05, 0) is 30.4 Å². The van der Waals surface area contributed by atoms with E-state index in [1.807, 2.05) is 0 Å². The summed E-state index contributed by atoms with van der Waals surface area (Å²) in [6.07, 6.45) is 0.358. The third-order valence-corrected chi connectivity index (χ3v) is 7.88. The minimum atomic E-state index is -0.768. The largest absolute Gasteiger partial charge is 0.302 e. The second kappa shape index (κ2) is 6.16. The van der Waals surface area contributed by atoms with Crippen LogP contribution in [0.2, 0.25) is 0 Å². The Morgan fingerprint density at radius 3 is 2.55 bits per heavy atom. The van der Waals surface area contributed by atoms with Crippen LogP contribution in [0, 0.1) is 5.92 Å². The molecule has 142 valence electrons. The Hall–Kier alpha value is -2.68. The van der Waals surface area contributed by atoms with Crippen molar-refractivity contribution in [2.75, 3.05) is 0 Å². The van der Waals surface area contributed by atoms with Crippen LogP contribution in [-0.4, -0.2) is 21.5 Å². The number of thiocarbonyl (C=S) groups is 1. The van der Waals surface area contributed by atoms with Gasteiger partial charge in [-0.1, -0.05) is 42.1 Å². The van der Waals surface area contributed by atoms with Crippen molar-refractivity contribution in [3.8, 4) is 5.00 Å². The van der Waals surface area contributed by atoms with Gasteiger partial charge in [0.05, 0.1) is 11.0 Å². The van der Waals surface area contributed by atoms with Crippen molar-refractivity contribution in [3.63, 3.8) is 0 Å². The van der Waals surface area contributed by atoms with E-state index >= 15 is 0 Å². The third kappa shape index (κ3) is 2.49. The molecule has 4 aromatic rings. The van der Waals surface area contributed by atoms with Crippen LogP contribution < -0.4 is 10.6 Å². The Morgan fingerprint density at radius 1 is 0.966 bits per heavy atom. The van der Waals surface area contributed by atoms with Crippen molar-refractivity contribution in [1.29, 1.82) is 0 Å². The lowest BCUT2D eigenvalue weighted by molar-refractivity contribution is -0.135. The number of aromatic nitrogens is 1. The molecule has 2 N–H and O–H groups in total. The Balaban J connectivity index is 1.49. The predicted octanol–water partition coefficient (Wildman–Crippen LogP) is 4.00. The molecule has 4 heterocycles. The summed E-state index contributed by atoms with van der Waals surface area (Å²) < 4.78 is 2.32. The summed E-state index contributed by atoms with van der Waals surface area (Å²) in [7, 11) is 0. The van der Waals surface area contributed by atoms with E-state index in [2.05, 4.69) is 63.7 Å². The van der Waals surface area contributed by atoms with Crippen LogP contribution in [0.3, 0.4) is 0 Å². The number of hydrogen-bond acceptors (Lipinski definition) is 5. The van der Waals surface area contributed by atoms with E-state index < -0.39 is 5.92 Å². The summed E-state index contributed by atoms with van der Waals surface area (Å²) >= 11 is 8.27. The van der Waals surface area contributed by atoms with Crippen molar-refractivity contribution < 1.29 is 9.59 Å². The summed E-state index contributed by atoms with van der Waals surface area (Å²) in [5.41, 5.74) is 2.39. The number of nitrogens with one attached hydrogen (secondary N) is 2. The normalized spacial score (nSPS) is 16.2. The lowest BCUT2D eigenvalue weighted by Gasteiger charge is -2.21. The molecule has 0 bridgehead atoms. The number of amides is 2. The summed E-state index contributed by atoms with van der Waals surface area (Å²) in [5, 5.41) is 8.78. The second-order valence-corrected chi connectivity index (χ2v) is 9.66. The molecule has 29 heavy (non-hydrogen) atoms. The molecule has 0 radical (unpaired) electrons. The van der Waals surface area contributed by atoms with E-state index in [1.54, 1.807) is 23.1 Å². The minimum Gasteiger partial charge on any atom is -0.302 e. The average Bonchev–Trinajstić information content (AvgIpc) is 3.25. The van der Waals surface area contributed by atoms with E-state index in [-0.39, 0.29) is 16.9 Å². The van der Waals surface area contributed by atoms with Gasteiger partial charge in [-0.2, -0.15) is 0 Å². The average molecular weight is 436 g/mol. The number of nitrogens with zero attached hydrogens (tertiary/aromatic N) is 1. The fourth-order valence-corrected chi connectivity index (χ4v) is 6.78. The topological polar surface area (TPSA) is 63.1 Å². The Bertz CT molecular complexity index is 1360. The number of hydrogen-bond donors (Lipinski definition) is 2. The smallest absolute Gasteiger partial charge is 0.239 e. The molecule has 2 aromatic heterocycles. The molecule has 1 saturated heterocycles. The van der Waals surface area contributed by atoms with Crippen LogP contribution in [0.4, 0.5) is 0 Å². The fraction of sp³-hybridized carbons (Fsp3) is 0.0952. The van der Waals surface area contributed by atoms with Gasteiger partial charge in [0.15, 0.2) is 5.11 Å². The molecule has 0 saturated carbocycles. The quantitative estimate of drug-likeness (QED) is 0.325. The molecule has 1 fully saturated rings. The molecule has 5 nitrogen and oxygen atoms in total. The van der Waals surface area contributed by atoms with Crippen molar-refractivity contribution >= 4 is 74.0 Å². The summed E-state index contributed by atoms with van der Waals surface area (Å²) in [5.74, 6) is -1.44. The van der Waals surface area contributed by atoms with E-state index in [0.717, 1.165) is 14.8 Å². The first-order valence-corrected chi connectivity index (χ1v) is 11.1. The highest BCUT2D eigenvalue weighted by molar-refractivity contribution is 8.00. The highest BCUT2D eigenvalue weighted by Gasteiger charge is 2.34. The molecule has 0 unspecified atom stereocenters. The van der Waals surface area contributed by atoms with E-state index in [0.29, 0.717) is 6.42 Å². The van der Waals surface area contributed by atoms with Gasteiger partial charge in [-0.25, -0.2) is 0 Å². The van der Waals surface area contributed by atoms with Crippen LogP contribution >= 0.6 is 35.3 Å². The van der Waals surface area contributed by atoms with Gasteiger partial charge in [0.2, 0.25) is 11.8 Å². The van der Waals surface area contributed by atoms with Gasteiger partial charge in [0, 0.05) is 31.9 Å². The Labute approximate surface area is 179 Å². The van der Waals surface area contributed by atoms with Crippen molar-refractivity contribution in [3.05, 3.63) is 53.4 Å². The first-order chi connectivity index (χ1) is 14.1. The molecule has 2 amide bonds. The van der Waals surface area contributed by atoms with E-state index in [4.69, 9.17) is 12.2 Å². The first kappa shape index (κ1) is 17.2. The molecule has 0 aliphatic carbocycles. The van der Waals surface area contributed by atoms with Crippen molar-refractivity contribution in [2.45, 2.75) is 16.2 Å². The van der Waals surface area contributed by atoms with Crippen LogP contribution in [0.25, 0.3) is 26.8 Å². The monoisotopic (exact) mass is 435 g/mol. The van der Waals surface area contributed by atoms with Crippen LogP contribution in [0.5, 0.6) is 0 Å². The van der Waals surface area contributed by atoms with Gasteiger partial charge in [-0.15, -0.1) is 11.3 Å². The van der Waals surface area contributed by atoms with Gasteiger partial charge in [0.1, 0.15) is 10.9 Å². The molecular formula is C21H13N3O2S3. The molecule has 2 aliphatic rings. The van der Waals surface area contributed by atoms with E-state index in [1.165, 1.54) is 26.7 Å². The Morgan fingerprint density at radius 2 is 1.72 bits per heavy atom. The SMILES string of the molecule is O=C1NC(=S)NC(=O)C1Cc1cc2c(s1)-n1c3ccccc3c3cccc(c31)S2. The number of carbonyl (C=O) groups excluding carboxylic acids is 2. The molecule has 0 atom stereocenters. The number of rotatable bonds is 2. The maximum atomic E-state index is 12.3. The fourth-order valence-electron chi connectivity index (χ4n) is 4.08. The summed E-state index contributed by atoms with van der Waals surface area (Å²) in [4.78, 5) is 27.9. The summed E-state index contributed by atoms with van der Waals surface area (Å²) in [6, 6.07) is 16.9. The zero-order chi connectivity index (χ0) is 19.7. The zero-order valence-electron chi connectivity index (χ0n) is 14.9.